The van der Waals surface area contributed by atoms with Crippen LogP contribution in [0, 0.1) is 5.92 Å². The van der Waals surface area contributed by atoms with Gasteiger partial charge in [0.05, 0.1) is 17.4 Å². The molecule has 2 aliphatic heterocycles. The molecule has 184 valence electrons. The van der Waals surface area contributed by atoms with Gasteiger partial charge in [0, 0.05) is 44.5 Å². The molecular formula is C25H26F3N5O2. The van der Waals surface area contributed by atoms with E-state index in [0.717, 1.165) is 38.1 Å². The average molecular weight is 486 g/mol. The van der Waals surface area contributed by atoms with E-state index >= 15 is 0 Å². The first-order chi connectivity index (χ1) is 16.8. The molecule has 0 saturated carbocycles. The highest BCUT2D eigenvalue weighted by atomic mass is 19.4. The fourth-order valence-electron chi connectivity index (χ4n) is 4.92. The van der Waals surface area contributed by atoms with Gasteiger partial charge in [-0.1, -0.05) is 6.07 Å². The van der Waals surface area contributed by atoms with Gasteiger partial charge >= 0.3 is 6.18 Å². The van der Waals surface area contributed by atoms with Crippen molar-refractivity contribution in [2.24, 2.45) is 5.92 Å². The van der Waals surface area contributed by atoms with Crippen molar-refractivity contribution in [1.29, 1.82) is 0 Å². The number of benzene rings is 1. The first-order valence-electron chi connectivity index (χ1n) is 11.8. The number of alkyl halides is 3. The van der Waals surface area contributed by atoms with Gasteiger partial charge in [-0.15, -0.1) is 0 Å². The molecule has 0 aliphatic carbocycles. The third-order valence-electron chi connectivity index (χ3n) is 6.79. The molecule has 0 spiro atoms. The second kappa shape index (κ2) is 9.24. The maximum atomic E-state index is 13.5. The molecule has 2 amide bonds. The highest BCUT2D eigenvalue weighted by Gasteiger charge is 2.34. The monoisotopic (exact) mass is 485 g/mol. The van der Waals surface area contributed by atoms with Gasteiger partial charge in [-0.3, -0.25) is 9.59 Å². The van der Waals surface area contributed by atoms with Crippen LogP contribution in [0.1, 0.15) is 41.6 Å². The number of hydrogen-bond donors (Lipinski definition) is 0. The van der Waals surface area contributed by atoms with E-state index in [-0.39, 0.29) is 23.4 Å². The van der Waals surface area contributed by atoms with Gasteiger partial charge in [0.2, 0.25) is 5.91 Å². The number of amides is 2. The SMILES string of the molecule is O=C(c1cnn(-c2cccc(C(F)(F)F)c2)c1-n1cccc1)N1CCC(C(=O)N2CCCC2)CC1. The van der Waals surface area contributed by atoms with E-state index in [9.17, 15) is 22.8 Å². The van der Waals surface area contributed by atoms with Gasteiger partial charge in [0.1, 0.15) is 5.56 Å². The molecule has 2 aromatic heterocycles. The van der Waals surface area contributed by atoms with E-state index in [1.54, 1.807) is 34.0 Å². The molecular weight excluding hydrogens is 459 g/mol. The minimum absolute atomic E-state index is 0.0751. The molecule has 0 radical (unpaired) electrons. The topological polar surface area (TPSA) is 63.4 Å². The van der Waals surface area contributed by atoms with Crippen molar-refractivity contribution in [2.75, 3.05) is 26.2 Å². The summed E-state index contributed by atoms with van der Waals surface area (Å²) in [5, 5.41) is 4.30. The van der Waals surface area contributed by atoms with Crippen molar-refractivity contribution < 1.29 is 22.8 Å². The molecule has 2 saturated heterocycles. The normalized spacial score (nSPS) is 17.2. The Balaban J connectivity index is 1.40. The zero-order valence-corrected chi connectivity index (χ0v) is 19.1. The number of carbonyl (C=O) groups is 2. The van der Waals surface area contributed by atoms with E-state index in [1.165, 1.54) is 23.0 Å². The van der Waals surface area contributed by atoms with Gasteiger partial charge in [-0.25, -0.2) is 4.68 Å². The van der Waals surface area contributed by atoms with Crippen molar-refractivity contribution in [3.63, 3.8) is 0 Å². The Morgan fingerprint density at radius 2 is 1.60 bits per heavy atom. The van der Waals surface area contributed by atoms with Crippen molar-refractivity contribution >= 4 is 11.8 Å². The summed E-state index contributed by atoms with van der Waals surface area (Å²) in [6, 6.07) is 8.41. The average Bonchev–Trinajstić information content (AvgIpc) is 3.64. The number of nitrogens with zero attached hydrogens (tertiary/aromatic N) is 5. The maximum absolute atomic E-state index is 13.5. The quantitative estimate of drug-likeness (QED) is 0.558. The van der Waals surface area contributed by atoms with Gasteiger partial charge < -0.3 is 14.4 Å². The second-order valence-electron chi connectivity index (χ2n) is 9.03. The summed E-state index contributed by atoms with van der Waals surface area (Å²) in [7, 11) is 0. The number of likely N-dealkylation sites (tertiary alicyclic amines) is 2. The maximum Gasteiger partial charge on any atom is 0.416 e. The molecule has 35 heavy (non-hydrogen) atoms. The van der Waals surface area contributed by atoms with Crippen LogP contribution in [0.5, 0.6) is 0 Å². The van der Waals surface area contributed by atoms with Crippen molar-refractivity contribution in [3.05, 3.63) is 66.1 Å². The summed E-state index contributed by atoms with van der Waals surface area (Å²) >= 11 is 0. The fourth-order valence-corrected chi connectivity index (χ4v) is 4.92. The molecule has 3 aromatic rings. The van der Waals surface area contributed by atoms with Crippen LogP contribution in [0.15, 0.2) is 55.0 Å². The lowest BCUT2D eigenvalue weighted by molar-refractivity contribution is -0.137. The van der Waals surface area contributed by atoms with Crippen LogP contribution < -0.4 is 0 Å². The molecule has 0 bridgehead atoms. The lowest BCUT2D eigenvalue weighted by Gasteiger charge is -2.33. The second-order valence-corrected chi connectivity index (χ2v) is 9.03. The minimum Gasteiger partial charge on any atom is -0.342 e. The van der Waals surface area contributed by atoms with Crippen molar-refractivity contribution in [1.82, 2.24) is 24.1 Å². The molecule has 7 nitrogen and oxygen atoms in total. The van der Waals surface area contributed by atoms with Crippen molar-refractivity contribution in [3.8, 4) is 11.5 Å². The number of carbonyl (C=O) groups excluding carboxylic acids is 2. The fraction of sp³-hybridized carbons (Fsp3) is 0.400. The van der Waals surface area contributed by atoms with Gasteiger partial charge in [0.15, 0.2) is 5.82 Å². The summed E-state index contributed by atoms with van der Waals surface area (Å²) < 4.78 is 42.9. The van der Waals surface area contributed by atoms with Crippen LogP contribution >= 0.6 is 0 Å². The number of aromatic nitrogens is 3. The highest BCUT2D eigenvalue weighted by Crippen LogP contribution is 2.31. The predicted molar refractivity (Wildman–Crippen MR) is 122 cm³/mol. The largest absolute Gasteiger partial charge is 0.416 e. The Morgan fingerprint density at radius 3 is 2.26 bits per heavy atom. The van der Waals surface area contributed by atoms with E-state index < -0.39 is 11.7 Å². The van der Waals surface area contributed by atoms with E-state index in [1.807, 2.05) is 4.90 Å². The molecule has 0 N–H and O–H groups in total. The molecule has 2 fully saturated rings. The summed E-state index contributed by atoms with van der Waals surface area (Å²) in [6.45, 7) is 2.52. The minimum atomic E-state index is -4.49. The van der Waals surface area contributed by atoms with Crippen LogP contribution in [0.3, 0.4) is 0 Å². The van der Waals surface area contributed by atoms with Crippen LogP contribution in [-0.4, -0.2) is 62.1 Å². The predicted octanol–water partition coefficient (Wildman–Crippen LogP) is 4.16. The van der Waals surface area contributed by atoms with Crippen LogP contribution in [-0.2, 0) is 11.0 Å². The zero-order valence-electron chi connectivity index (χ0n) is 19.1. The number of piperidine rings is 1. The Kier molecular flexibility index (Phi) is 6.12. The molecule has 5 rings (SSSR count). The third-order valence-corrected chi connectivity index (χ3v) is 6.79. The highest BCUT2D eigenvalue weighted by molar-refractivity contribution is 5.97. The molecule has 2 aliphatic rings. The first kappa shape index (κ1) is 23.2. The van der Waals surface area contributed by atoms with Gasteiger partial charge in [-0.05, 0) is 56.0 Å². The Labute approximate surface area is 200 Å². The van der Waals surface area contributed by atoms with Crippen molar-refractivity contribution in [2.45, 2.75) is 31.9 Å². The Hall–Kier alpha value is -3.56. The Morgan fingerprint density at radius 1 is 0.914 bits per heavy atom. The molecule has 4 heterocycles. The first-order valence-corrected chi connectivity index (χ1v) is 11.8. The molecule has 0 unspecified atom stereocenters. The summed E-state index contributed by atoms with van der Waals surface area (Å²) in [5.41, 5.74) is -0.290. The standard InChI is InChI=1S/C25H26F3N5O2/c26-25(27,28)19-6-5-7-20(16-19)33-22(30-10-1-2-11-30)21(17-29-33)24(35)32-14-8-18(9-15-32)23(34)31-12-3-4-13-31/h1-2,5-7,10-11,16-18H,3-4,8-9,12-15H2. The summed E-state index contributed by atoms with van der Waals surface area (Å²) in [4.78, 5) is 29.9. The summed E-state index contributed by atoms with van der Waals surface area (Å²) in [5.74, 6) is 0.225. The number of hydrogen-bond acceptors (Lipinski definition) is 3. The third kappa shape index (κ3) is 4.56. The lowest BCUT2D eigenvalue weighted by atomic mass is 9.95. The van der Waals surface area contributed by atoms with E-state index in [0.29, 0.717) is 37.3 Å². The zero-order chi connectivity index (χ0) is 24.6. The van der Waals surface area contributed by atoms with E-state index in [2.05, 4.69) is 5.10 Å². The smallest absolute Gasteiger partial charge is 0.342 e. The number of halogens is 3. The van der Waals surface area contributed by atoms with Crippen LogP contribution in [0.2, 0.25) is 0 Å². The van der Waals surface area contributed by atoms with Gasteiger partial charge in [0.25, 0.3) is 5.91 Å². The lowest BCUT2D eigenvalue weighted by Crippen LogP contribution is -2.43. The number of rotatable bonds is 4. The Bertz CT molecular complexity index is 1200. The molecule has 0 atom stereocenters. The summed E-state index contributed by atoms with van der Waals surface area (Å²) in [6.07, 6.45) is 3.63. The van der Waals surface area contributed by atoms with E-state index in [4.69, 9.17) is 0 Å². The molecule has 10 heteroatoms. The van der Waals surface area contributed by atoms with Gasteiger partial charge in [-0.2, -0.15) is 18.3 Å². The van der Waals surface area contributed by atoms with Crippen LogP contribution in [0.4, 0.5) is 13.2 Å². The molecule has 1 aromatic carbocycles. The van der Waals surface area contributed by atoms with Crippen LogP contribution in [0.25, 0.3) is 11.5 Å².